The first-order valence-electron chi connectivity index (χ1n) is 6.54. The molecule has 0 aliphatic heterocycles. The van der Waals surface area contributed by atoms with Crippen molar-refractivity contribution in [1.29, 1.82) is 0 Å². The maximum Gasteiger partial charge on any atom is 0.254 e. The van der Waals surface area contributed by atoms with Crippen molar-refractivity contribution < 1.29 is 15.0 Å². The highest BCUT2D eigenvalue weighted by molar-refractivity contribution is 14.1. The van der Waals surface area contributed by atoms with Crippen molar-refractivity contribution in [2.75, 3.05) is 14.1 Å². The minimum atomic E-state index is -1.55. The average molecular weight is 429 g/mol. The molecular formula is C16H16INO3S. The number of carbonyl (C=O) groups excluding carboxylic acids is 1. The minimum Gasteiger partial charge on any atom is -0.364 e. The molecule has 0 aliphatic rings. The Labute approximate surface area is 147 Å². The summed E-state index contributed by atoms with van der Waals surface area (Å²) in [4.78, 5) is 15.3. The molecule has 0 unspecified atom stereocenters. The smallest absolute Gasteiger partial charge is 0.254 e. The predicted octanol–water partition coefficient (Wildman–Crippen LogP) is 3.13. The van der Waals surface area contributed by atoms with Gasteiger partial charge in [0.05, 0.1) is 5.56 Å². The molecule has 0 bridgehead atoms. The first-order chi connectivity index (χ1) is 10.4. The number of aliphatic hydroxyl groups excluding tert-OH is 1. The zero-order chi connectivity index (χ0) is 16.3. The summed E-state index contributed by atoms with van der Waals surface area (Å²) < 4.78 is 0.919. The van der Waals surface area contributed by atoms with Gasteiger partial charge in [-0.1, -0.05) is 23.9 Å². The third kappa shape index (κ3) is 4.01. The van der Waals surface area contributed by atoms with Crippen molar-refractivity contribution in [2.24, 2.45) is 0 Å². The topological polar surface area (TPSA) is 60.8 Å². The van der Waals surface area contributed by atoms with Crippen LogP contribution in [0.25, 0.3) is 0 Å². The number of benzene rings is 2. The second-order valence-corrected chi connectivity index (χ2v) is 7.18. The SMILES string of the molecule is CN(C)C(=O)c1ccccc1Sc1ccc(I)cc1C(O)O. The molecule has 116 valence electrons. The van der Waals surface area contributed by atoms with Gasteiger partial charge >= 0.3 is 0 Å². The number of hydrogen-bond donors (Lipinski definition) is 2. The highest BCUT2D eigenvalue weighted by Crippen LogP contribution is 2.35. The van der Waals surface area contributed by atoms with E-state index in [1.807, 2.05) is 30.3 Å². The summed E-state index contributed by atoms with van der Waals surface area (Å²) in [6, 6.07) is 12.7. The molecule has 2 aromatic carbocycles. The van der Waals surface area contributed by atoms with Crippen LogP contribution in [0.4, 0.5) is 0 Å². The molecule has 0 saturated carbocycles. The van der Waals surface area contributed by atoms with Gasteiger partial charge in [-0.05, 0) is 52.9 Å². The van der Waals surface area contributed by atoms with E-state index >= 15 is 0 Å². The van der Waals surface area contributed by atoms with E-state index in [0.29, 0.717) is 11.1 Å². The van der Waals surface area contributed by atoms with Gasteiger partial charge in [0, 0.05) is 33.0 Å². The van der Waals surface area contributed by atoms with E-state index in [4.69, 9.17) is 0 Å². The number of nitrogens with zero attached hydrogens (tertiary/aromatic N) is 1. The van der Waals surface area contributed by atoms with Gasteiger partial charge in [0.2, 0.25) is 0 Å². The average Bonchev–Trinajstić information content (AvgIpc) is 2.48. The van der Waals surface area contributed by atoms with Crippen molar-refractivity contribution in [3.8, 4) is 0 Å². The Balaban J connectivity index is 2.42. The lowest BCUT2D eigenvalue weighted by molar-refractivity contribution is -0.0445. The summed E-state index contributed by atoms with van der Waals surface area (Å²) in [5.41, 5.74) is 1.03. The summed E-state index contributed by atoms with van der Waals surface area (Å²) in [6.45, 7) is 0. The predicted molar refractivity (Wildman–Crippen MR) is 94.9 cm³/mol. The third-order valence-corrected chi connectivity index (χ3v) is 4.83. The fourth-order valence-electron chi connectivity index (χ4n) is 1.91. The van der Waals surface area contributed by atoms with Crippen LogP contribution in [0.2, 0.25) is 0 Å². The fourth-order valence-corrected chi connectivity index (χ4v) is 3.49. The highest BCUT2D eigenvalue weighted by Gasteiger charge is 2.16. The molecular weight excluding hydrogens is 413 g/mol. The summed E-state index contributed by atoms with van der Waals surface area (Å²) >= 11 is 3.47. The molecule has 4 nitrogen and oxygen atoms in total. The Morgan fingerprint density at radius 2 is 1.82 bits per heavy atom. The first kappa shape index (κ1) is 17.3. The van der Waals surface area contributed by atoms with Crippen molar-refractivity contribution in [3.63, 3.8) is 0 Å². The van der Waals surface area contributed by atoms with Gasteiger partial charge in [0.1, 0.15) is 0 Å². The summed E-state index contributed by atoms with van der Waals surface area (Å²) in [5.74, 6) is -0.0836. The van der Waals surface area contributed by atoms with Crippen molar-refractivity contribution >= 4 is 40.3 Å². The maximum atomic E-state index is 12.2. The quantitative estimate of drug-likeness (QED) is 0.580. The van der Waals surface area contributed by atoms with E-state index in [1.54, 1.807) is 26.2 Å². The molecule has 22 heavy (non-hydrogen) atoms. The number of carbonyl (C=O) groups is 1. The van der Waals surface area contributed by atoms with Gasteiger partial charge < -0.3 is 15.1 Å². The lowest BCUT2D eigenvalue weighted by Crippen LogP contribution is -2.22. The Bertz CT molecular complexity index is 689. The van der Waals surface area contributed by atoms with Gasteiger partial charge in [0.15, 0.2) is 6.29 Å². The van der Waals surface area contributed by atoms with Gasteiger partial charge in [-0.15, -0.1) is 0 Å². The lowest BCUT2D eigenvalue weighted by Gasteiger charge is -2.16. The largest absolute Gasteiger partial charge is 0.364 e. The Kier molecular flexibility index (Phi) is 5.85. The molecule has 2 N–H and O–H groups in total. The van der Waals surface area contributed by atoms with E-state index < -0.39 is 6.29 Å². The molecule has 0 spiro atoms. The van der Waals surface area contributed by atoms with Crippen LogP contribution < -0.4 is 0 Å². The van der Waals surface area contributed by atoms with Crippen LogP contribution in [-0.2, 0) is 0 Å². The van der Waals surface area contributed by atoms with Crippen LogP contribution in [0, 0.1) is 3.57 Å². The molecule has 0 saturated heterocycles. The monoisotopic (exact) mass is 429 g/mol. The molecule has 6 heteroatoms. The number of aliphatic hydroxyl groups is 2. The van der Waals surface area contributed by atoms with Crippen LogP contribution >= 0.6 is 34.4 Å². The van der Waals surface area contributed by atoms with Crippen LogP contribution in [0.15, 0.2) is 52.3 Å². The standard InChI is InChI=1S/C16H16INO3S/c1-18(2)15(19)11-5-3-4-6-13(11)22-14-8-7-10(17)9-12(14)16(20)21/h3-9,16,20-21H,1-2H3. The second-order valence-electron chi connectivity index (χ2n) is 4.85. The molecule has 0 radical (unpaired) electrons. The zero-order valence-electron chi connectivity index (χ0n) is 12.2. The summed E-state index contributed by atoms with van der Waals surface area (Å²) in [5, 5.41) is 19.1. The van der Waals surface area contributed by atoms with Crippen molar-refractivity contribution in [2.45, 2.75) is 16.1 Å². The Morgan fingerprint density at radius 3 is 2.45 bits per heavy atom. The Hall–Kier alpha value is -1.09. The molecule has 2 aromatic rings. The zero-order valence-corrected chi connectivity index (χ0v) is 15.1. The van der Waals surface area contributed by atoms with Crippen molar-refractivity contribution in [1.82, 2.24) is 4.90 Å². The normalized spacial score (nSPS) is 10.8. The van der Waals surface area contributed by atoms with Crippen LogP contribution in [0.5, 0.6) is 0 Å². The molecule has 0 atom stereocenters. The van der Waals surface area contributed by atoms with Crippen molar-refractivity contribution in [3.05, 3.63) is 57.2 Å². The van der Waals surface area contributed by atoms with E-state index in [9.17, 15) is 15.0 Å². The first-order valence-corrected chi connectivity index (χ1v) is 8.44. The number of hydrogen-bond acceptors (Lipinski definition) is 4. The van der Waals surface area contributed by atoms with Gasteiger partial charge in [0.25, 0.3) is 5.91 Å². The van der Waals surface area contributed by atoms with E-state index in [1.165, 1.54) is 16.7 Å². The molecule has 0 aromatic heterocycles. The van der Waals surface area contributed by atoms with E-state index in [-0.39, 0.29) is 5.91 Å². The highest BCUT2D eigenvalue weighted by atomic mass is 127. The summed E-state index contributed by atoms with van der Waals surface area (Å²) in [6.07, 6.45) is -1.55. The second kappa shape index (κ2) is 7.45. The number of amides is 1. The van der Waals surface area contributed by atoms with E-state index in [0.717, 1.165) is 13.4 Å². The fraction of sp³-hybridized carbons (Fsp3) is 0.188. The van der Waals surface area contributed by atoms with Gasteiger partial charge in [-0.25, -0.2) is 0 Å². The third-order valence-electron chi connectivity index (χ3n) is 2.99. The molecule has 0 heterocycles. The molecule has 0 aliphatic carbocycles. The van der Waals surface area contributed by atoms with Gasteiger partial charge in [-0.3, -0.25) is 4.79 Å². The maximum absolute atomic E-state index is 12.2. The van der Waals surface area contributed by atoms with Crippen LogP contribution in [0.1, 0.15) is 22.2 Å². The molecule has 0 fully saturated rings. The summed E-state index contributed by atoms with van der Waals surface area (Å²) in [7, 11) is 3.41. The van der Waals surface area contributed by atoms with E-state index in [2.05, 4.69) is 22.6 Å². The van der Waals surface area contributed by atoms with Crippen LogP contribution in [0.3, 0.4) is 0 Å². The minimum absolute atomic E-state index is 0.0836. The van der Waals surface area contributed by atoms with Gasteiger partial charge in [-0.2, -0.15) is 0 Å². The Morgan fingerprint density at radius 1 is 1.14 bits per heavy atom. The lowest BCUT2D eigenvalue weighted by atomic mass is 10.2. The number of rotatable bonds is 4. The number of halogens is 1. The molecule has 2 rings (SSSR count). The molecule has 1 amide bonds. The van der Waals surface area contributed by atoms with Crippen LogP contribution in [-0.4, -0.2) is 35.1 Å².